The van der Waals surface area contributed by atoms with Gasteiger partial charge in [0.25, 0.3) is 5.91 Å². The van der Waals surface area contributed by atoms with Crippen molar-refractivity contribution in [2.24, 2.45) is 12.8 Å². The van der Waals surface area contributed by atoms with Crippen LogP contribution in [0.15, 0.2) is 12.5 Å². The monoisotopic (exact) mass is 251 g/mol. The SMILES string of the molecule is CC(CN)N1CCN(C(=O)c2cn(C)cn2)CC1. The van der Waals surface area contributed by atoms with Crippen molar-refractivity contribution in [3.05, 3.63) is 18.2 Å². The van der Waals surface area contributed by atoms with Crippen molar-refractivity contribution >= 4 is 5.91 Å². The van der Waals surface area contributed by atoms with E-state index in [4.69, 9.17) is 5.73 Å². The number of nitrogens with zero attached hydrogens (tertiary/aromatic N) is 4. The Labute approximate surface area is 107 Å². The number of aryl methyl sites for hydroxylation is 1. The molecule has 0 bridgehead atoms. The van der Waals surface area contributed by atoms with E-state index in [1.54, 1.807) is 17.1 Å². The van der Waals surface area contributed by atoms with E-state index in [0.29, 0.717) is 18.3 Å². The fourth-order valence-electron chi connectivity index (χ4n) is 2.20. The quantitative estimate of drug-likeness (QED) is 0.788. The van der Waals surface area contributed by atoms with Crippen LogP contribution in [0.2, 0.25) is 0 Å². The first-order chi connectivity index (χ1) is 8.61. The van der Waals surface area contributed by atoms with E-state index < -0.39 is 0 Å². The molecule has 6 nitrogen and oxygen atoms in total. The molecule has 0 aromatic carbocycles. The number of aromatic nitrogens is 2. The molecule has 1 amide bonds. The topological polar surface area (TPSA) is 67.4 Å². The third-order valence-corrected chi connectivity index (χ3v) is 3.49. The number of amides is 1. The van der Waals surface area contributed by atoms with Crippen LogP contribution in [0.25, 0.3) is 0 Å². The van der Waals surface area contributed by atoms with E-state index in [2.05, 4.69) is 16.8 Å². The van der Waals surface area contributed by atoms with Crippen LogP contribution in [0.3, 0.4) is 0 Å². The lowest BCUT2D eigenvalue weighted by Crippen LogP contribution is -2.52. The fourth-order valence-corrected chi connectivity index (χ4v) is 2.20. The highest BCUT2D eigenvalue weighted by Gasteiger charge is 2.25. The Kier molecular flexibility index (Phi) is 3.98. The van der Waals surface area contributed by atoms with Crippen LogP contribution in [0.4, 0.5) is 0 Å². The highest BCUT2D eigenvalue weighted by molar-refractivity contribution is 5.92. The minimum absolute atomic E-state index is 0.0238. The van der Waals surface area contributed by atoms with Gasteiger partial charge in [-0.25, -0.2) is 4.98 Å². The minimum Gasteiger partial charge on any atom is -0.340 e. The first-order valence-electron chi connectivity index (χ1n) is 6.33. The Bertz CT molecular complexity index is 408. The van der Waals surface area contributed by atoms with Crippen molar-refractivity contribution in [3.63, 3.8) is 0 Å². The molecule has 1 atom stereocenters. The van der Waals surface area contributed by atoms with E-state index in [1.165, 1.54) is 0 Å². The van der Waals surface area contributed by atoms with E-state index in [-0.39, 0.29) is 5.91 Å². The molecule has 6 heteroatoms. The summed E-state index contributed by atoms with van der Waals surface area (Å²) in [5.41, 5.74) is 6.18. The van der Waals surface area contributed by atoms with E-state index in [1.807, 2.05) is 11.9 Å². The molecule has 2 heterocycles. The summed E-state index contributed by atoms with van der Waals surface area (Å²) in [5, 5.41) is 0. The van der Waals surface area contributed by atoms with Gasteiger partial charge in [-0.1, -0.05) is 0 Å². The molecular formula is C12H21N5O. The zero-order valence-electron chi connectivity index (χ0n) is 11.0. The van der Waals surface area contributed by atoms with Crippen LogP contribution < -0.4 is 5.73 Å². The van der Waals surface area contributed by atoms with Gasteiger partial charge in [0, 0.05) is 52.0 Å². The summed E-state index contributed by atoms with van der Waals surface area (Å²) in [6.45, 7) is 6.05. The molecule has 1 saturated heterocycles. The summed E-state index contributed by atoms with van der Waals surface area (Å²) in [5.74, 6) is 0.0238. The molecular weight excluding hydrogens is 230 g/mol. The molecule has 18 heavy (non-hydrogen) atoms. The maximum absolute atomic E-state index is 12.2. The average molecular weight is 251 g/mol. The molecule has 0 saturated carbocycles. The second-order valence-electron chi connectivity index (χ2n) is 4.84. The van der Waals surface area contributed by atoms with Crippen LogP contribution in [-0.4, -0.2) is 64.0 Å². The van der Waals surface area contributed by atoms with Gasteiger partial charge in [0.15, 0.2) is 0 Å². The lowest BCUT2D eigenvalue weighted by molar-refractivity contribution is 0.0584. The maximum atomic E-state index is 12.2. The Morgan fingerprint density at radius 3 is 2.61 bits per heavy atom. The van der Waals surface area contributed by atoms with Gasteiger partial charge in [0.1, 0.15) is 5.69 Å². The number of rotatable bonds is 3. The second-order valence-corrected chi connectivity index (χ2v) is 4.84. The molecule has 1 aromatic rings. The maximum Gasteiger partial charge on any atom is 0.274 e. The molecule has 0 radical (unpaired) electrons. The summed E-state index contributed by atoms with van der Waals surface area (Å²) >= 11 is 0. The lowest BCUT2D eigenvalue weighted by Gasteiger charge is -2.37. The highest BCUT2D eigenvalue weighted by Crippen LogP contribution is 2.09. The predicted octanol–water partition coefficient (Wildman–Crippen LogP) is -0.475. The largest absolute Gasteiger partial charge is 0.340 e. The smallest absolute Gasteiger partial charge is 0.274 e. The van der Waals surface area contributed by atoms with Crippen LogP contribution in [0.5, 0.6) is 0 Å². The van der Waals surface area contributed by atoms with Crippen molar-refractivity contribution in [1.82, 2.24) is 19.4 Å². The molecule has 1 aromatic heterocycles. The Morgan fingerprint density at radius 2 is 2.11 bits per heavy atom. The molecule has 1 unspecified atom stereocenters. The van der Waals surface area contributed by atoms with Crippen LogP contribution in [0, 0.1) is 0 Å². The van der Waals surface area contributed by atoms with Crippen LogP contribution >= 0.6 is 0 Å². The van der Waals surface area contributed by atoms with Gasteiger partial charge in [-0.15, -0.1) is 0 Å². The number of carbonyl (C=O) groups excluding carboxylic acids is 1. The van der Waals surface area contributed by atoms with Crippen molar-refractivity contribution in [3.8, 4) is 0 Å². The lowest BCUT2D eigenvalue weighted by atomic mass is 10.2. The van der Waals surface area contributed by atoms with Gasteiger partial charge >= 0.3 is 0 Å². The van der Waals surface area contributed by atoms with Gasteiger partial charge in [-0.05, 0) is 6.92 Å². The van der Waals surface area contributed by atoms with Crippen LogP contribution in [-0.2, 0) is 7.05 Å². The molecule has 2 rings (SSSR count). The number of hydrogen-bond donors (Lipinski definition) is 1. The average Bonchev–Trinajstić information content (AvgIpc) is 2.84. The molecule has 1 fully saturated rings. The van der Waals surface area contributed by atoms with Crippen LogP contribution in [0.1, 0.15) is 17.4 Å². The van der Waals surface area contributed by atoms with E-state index >= 15 is 0 Å². The van der Waals surface area contributed by atoms with E-state index in [0.717, 1.165) is 26.2 Å². The number of imidazole rings is 1. The summed E-state index contributed by atoms with van der Waals surface area (Å²) < 4.78 is 1.79. The highest BCUT2D eigenvalue weighted by atomic mass is 16.2. The zero-order chi connectivity index (χ0) is 13.1. The molecule has 2 N–H and O–H groups in total. The fraction of sp³-hybridized carbons (Fsp3) is 0.667. The van der Waals surface area contributed by atoms with Gasteiger partial charge in [-0.3, -0.25) is 9.69 Å². The standard InChI is InChI=1S/C12H21N5O/c1-10(7-13)16-3-5-17(6-4-16)12(18)11-8-15(2)9-14-11/h8-10H,3-7,13H2,1-2H3. The molecule has 1 aliphatic heterocycles. The van der Waals surface area contributed by atoms with Gasteiger partial charge in [-0.2, -0.15) is 0 Å². The number of nitrogens with two attached hydrogens (primary N) is 1. The van der Waals surface area contributed by atoms with Crippen molar-refractivity contribution in [2.75, 3.05) is 32.7 Å². The van der Waals surface area contributed by atoms with Crippen molar-refractivity contribution < 1.29 is 4.79 Å². The summed E-state index contributed by atoms with van der Waals surface area (Å²) in [7, 11) is 1.87. The first-order valence-corrected chi connectivity index (χ1v) is 6.33. The number of piperazine rings is 1. The first kappa shape index (κ1) is 13.0. The Balaban J connectivity index is 1.92. The second kappa shape index (κ2) is 5.49. The molecule has 1 aliphatic rings. The minimum atomic E-state index is 0.0238. The number of hydrogen-bond acceptors (Lipinski definition) is 4. The molecule has 0 spiro atoms. The summed E-state index contributed by atoms with van der Waals surface area (Å²) in [4.78, 5) is 20.5. The third-order valence-electron chi connectivity index (χ3n) is 3.49. The van der Waals surface area contributed by atoms with E-state index in [9.17, 15) is 4.79 Å². The summed E-state index contributed by atoms with van der Waals surface area (Å²) in [6.07, 6.45) is 3.41. The van der Waals surface area contributed by atoms with Crippen molar-refractivity contribution in [1.29, 1.82) is 0 Å². The number of carbonyl (C=O) groups is 1. The Hall–Kier alpha value is -1.40. The van der Waals surface area contributed by atoms with Crippen molar-refractivity contribution in [2.45, 2.75) is 13.0 Å². The normalized spacial score (nSPS) is 18.9. The van der Waals surface area contributed by atoms with Gasteiger partial charge < -0.3 is 15.2 Å². The zero-order valence-corrected chi connectivity index (χ0v) is 11.0. The third kappa shape index (κ3) is 2.70. The van der Waals surface area contributed by atoms with Gasteiger partial charge in [0.2, 0.25) is 0 Å². The van der Waals surface area contributed by atoms with Gasteiger partial charge in [0.05, 0.1) is 6.33 Å². The molecule has 100 valence electrons. The summed E-state index contributed by atoms with van der Waals surface area (Å²) in [6, 6.07) is 0.386. The predicted molar refractivity (Wildman–Crippen MR) is 69.2 cm³/mol. The molecule has 0 aliphatic carbocycles. The Morgan fingerprint density at radius 1 is 1.44 bits per heavy atom.